The van der Waals surface area contributed by atoms with Gasteiger partial charge in [0.15, 0.2) is 0 Å². The first-order valence-electron chi connectivity index (χ1n) is 5.08. The Kier molecular flexibility index (Phi) is 4.02. The lowest BCUT2D eigenvalue weighted by atomic mass is 10.2. The summed E-state index contributed by atoms with van der Waals surface area (Å²) in [6.07, 6.45) is 4.16. The minimum atomic E-state index is 0.757. The van der Waals surface area contributed by atoms with Gasteiger partial charge in [0.2, 0.25) is 0 Å². The van der Waals surface area contributed by atoms with Crippen LogP contribution in [0.4, 0.5) is 0 Å². The Balaban J connectivity index is 1.87. The highest BCUT2D eigenvalue weighted by Crippen LogP contribution is 2.32. The third-order valence-corrected chi connectivity index (χ3v) is 2.58. The second kappa shape index (κ2) is 4.83. The van der Waals surface area contributed by atoms with E-state index in [0.29, 0.717) is 0 Å². The third kappa shape index (κ3) is 4.07. The maximum absolute atomic E-state index is 3.57. The topological polar surface area (TPSA) is 15.3 Å². The molecule has 2 nitrogen and oxygen atoms in total. The molecule has 1 N–H and O–H groups in total. The fourth-order valence-corrected chi connectivity index (χ4v) is 1.49. The van der Waals surface area contributed by atoms with Crippen molar-refractivity contribution in [3.8, 4) is 0 Å². The van der Waals surface area contributed by atoms with Crippen molar-refractivity contribution in [3.05, 3.63) is 0 Å². The Morgan fingerprint density at radius 3 is 2.58 bits per heavy atom. The molecule has 0 aliphatic heterocycles. The molecule has 2 heteroatoms. The molecular formula is C10H22N2. The Bertz CT molecular complexity index is 119. The molecule has 1 aliphatic rings. The van der Waals surface area contributed by atoms with Crippen molar-refractivity contribution in [3.63, 3.8) is 0 Å². The van der Waals surface area contributed by atoms with Gasteiger partial charge in [-0.2, -0.15) is 0 Å². The van der Waals surface area contributed by atoms with Gasteiger partial charge in [0, 0.05) is 6.04 Å². The van der Waals surface area contributed by atoms with E-state index in [0.717, 1.165) is 12.0 Å². The largest absolute Gasteiger partial charge is 0.314 e. The molecule has 1 atom stereocenters. The molecule has 0 aromatic rings. The molecule has 0 spiro atoms. The first-order valence-corrected chi connectivity index (χ1v) is 5.08. The van der Waals surface area contributed by atoms with Gasteiger partial charge in [0.05, 0.1) is 0 Å². The summed E-state index contributed by atoms with van der Waals surface area (Å²) >= 11 is 0. The summed E-state index contributed by atoms with van der Waals surface area (Å²) in [5.74, 6) is 0.990. The first-order chi connectivity index (χ1) is 5.70. The molecule has 0 heterocycles. The first kappa shape index (κ1) is 10.0. The monoisotopic (exact) mass is 170 g/mol. The van der Waals surface area contributed by atoms with Crippen LogP contribution < -0.4 is 5.32 Å². The maximum Gasteiger partial charge on any atom is 0.00670 e. The molecule has 0 saturated heterocycles. The number of nitrogens with zero attached hydrogens (tertiary/aromatic N) is 1. The fraction of sp³-hybridized carbons (Fsp3) is 1.00. The van der Waals surface area contributed by atoms with Gasteiger partial charge in [-0.25, -0.2) is 0 Å². The highest BCUT2D eigenvalue weighted by molar-refractivity contribution is 4.82. The lowest BCUT2D eigenvalue weighted by molar-refractivity contribution is 0.383. The smallest absolute Gasteiger partial charge is 0.00670 e. The molecule has 1 rings (SSSR count). The zero-order chi connectivity index (χ0) is 8.97. The van der Waals surface area contributed by atoms with E-state index in [1.165, 1.54) is 32.4 Å². The third-order valence-electron chi connectivity index (χ3n) is 2.58. The predicted octanol–water partition coefficient (Wildman–Crippen LogP) is 1.33. The van der Waals surface area contributed by atoms with E-state index in [2.05, 4.69) is 31.2 Å². The standard InChI is InChI=1S/C10H22N2/c1-9(10-5-6-10)11-7-4-8-12(2)3/h9-11H,4-8H2,1-3H3/t9-/m0/s1. The number of hydrogen-bond donors (Lipinski definition) is 1. The molecule has 1 aliphatic carbocycles. The van der Waals surface area contributed by atoms with Gasteiger partial charge in [-0.1, -0.05) is 0 Å². The van der Waals surface area contributed by atoms with Crippen LogP contribution in [0.15, 0.2) is 0 Å². The highest BCUT2D eigenvalue weighted by Gasteiger charge is 2.26. The van der Waals surface area contributed by atoms with Crippen molar-refractivity contribution in [1.29, 1.82) is 0 Å². The van der Waals surface area contributed by atoms with E-state index in [9.17, 15) is 0 Å². The lowest BCUT2D eigenvalue weighted by Gasteiger charge is -2.14. The van der Waals surface area contributed by atoms with E-state index >= 15 is 0 Å². The van der Waals surface area contributed by atoms with Crippen molar-refractivity contribution in [2.24, 2.45) is 5.92 Å². The van der Waals surface area contributed by atoms with E-state index < -0.39 is 0 Å². The van der Waals surface area contributed by atoms with Crippen LogP contribution in [0, 0.1) is 5.92 Å². The summed E-state index contributed by atoms with van der Waals surface area (Å²) in [6, 6.07) is 0.757. The predicted molar refractivity (Wildman–Crippen MR) is 53.4 cm³/mol. The zero-order valence-corrected chi connectivity index (χ0v) is 8.64. The van der Waals surface area contributed by atoms with Gasteiger partial charge in [0.25, 0.3) is 0 Å². The van der Waals surface area contributed by atoms with Gasteiger partial charge in [0.1, 0.15) is 0 Å². The molecule has 1 fully saturated rings. The SMILES string of the molecule is C[C@H](NCCCN(C)C)C1CC1. The quantitative estimate of drug-likeness (QED) is 0.605. The van der Waals surface area contributed by atoms with Crippen molar-refractivity contribution < 1.29 is 0 Å². The highest BCUT2D eigenvalue weighted by atomic mass is 15.1. The molecule has 0 unspecified atom stereocenters. The van der Waals surface area contributed by atoms with Crippen LogP contribution in [0.2, 0.25) is 0 Å². The molecule has 72 valence electrons. The average Bonchev–Trinajstić information content (AvgIpc) is 2.79. The molecule has 0 aromatic carbocycles. The number of rotatable bonds is 6. The average molecular weight is 170 g/mol. The second-order valence-electron chi connectivity index (χ2n) is 4.24. The van der Waals surface area contributed by atoms with Crippen LogP contribution in [0.25, 0.3) is 0 Å². The van der Waals surface area contributed by atoms with Gasteiger partial charge < -0.3 is 10.2 Å². The number of nitrogens with one attached hydrogen (secondary N) is 1. The molecular weight excluding hydrogens is 148 g/mol. The second-order valence-corrected chi connectivity index (χ2v) is 4.24. The summed E-state index contributed by atoms with van der Waals surface area (Å²) in [7, 11) is 4.26. The van der Waals surface area contributed by atoms with Crippen molar-refractivity contribution in [1.82, 2.24) is 10.2 Å². The van der Waals surface area contributed by atoms with Gasteiger partial charge in [-0.05, 0) is 59.3 Å². The van der Waals surface area contributed by atoms with Crippen molar-refractivity contribution in [2.45, 2.75) is 32.2 Å². The normalized spacial score (nSPS) is 20.0. The summed E-state index contributed by atoms with van der Waals surface area (Å²) in [5.41, 5.74) is 0. The Morgan fingerprint density at radius 1 is 1.42 bits per heavy atom. The van der Waals surface area contributed by atoms with Crippen LogP contribution >= 0.6 is 0 Å². The Morgan fingerprint density at radius 2 is 2.08 bits per heavy atom. The molecule has 0 bridgehead atoms. The van der Waals surface area contributed by atoms with Gasteiger partial charge in [-0.15, -0.1) is 0 Å². The van der Waals surface area contributed by atoms with E-state index in [1.807, 2.05) is 0 Å². The zero-order valence-electron chi connectivity index (χ0n) is 8.64. The summed E-state index contributed by atoms with van der Waals surface area (Å²) in [4.78, 5) is 2.24. The van der Waals surface area contributed by atoms with E-state index in [-0.39, 0.29) is 0 Å². The van der Waals surface area contributed by atoms with Crippen LogP contribution in [-0.4, -0.2) is 38.1 Å². The van der Waals surface area contributed by atoms with E-state index in [1.54, 1.807) is 0 Å². The van der Waals surface area contributed by atoms with Crippen LogP contribution in [0.1, 0.15) is 26.2 Å². The summed E-state index contributed by atoms with van der Waals surface area (Å²) in [5, 5.41) is 3.57. The fourth-order valence-electron chi connectivity index (χ4n) is 1.49. The minimum Gasteiger partial charge on any atom is -0.314 e. The molecule has 12 heavy (non-hydrogen) atoms. The van der Waals surface area contributed by atoms with E-state index in [4.69, 9.17) is 0 Å². The number of hydrogen-bond acceptors (Lipinski definition) is 2. The van der Waals surface area contributed by atoms with Crippen molar-refractivity contribution in [2.75, 3.05) is 27.2 Å². The van der Waals surface area contributed by atoms with Crippen LogP contribution in [-0.2, 0) is 0 Å². The van der Waals surface area contributed by atoms with Crippen LogP contribution in [0.3, 0.4) is 0 Å². The Labute approximate surface area is 76.3 Å². The maximum atomic E-state index is 3.57. The Hall–Kier alpha value is -0.0800. The summed E-state index contributed by atoms with van der Waals surface area (Å²) in [6.45, 7) is 4.69. The molecule has 0 radical (unpaired) electrons. The van der Waals surface area contributed by atoms with Crippen molar-refractivity contribution >= 4 is 0 Å². The van der Waals surface area contributed by atoms with Gasteiger partial charge in [-0.3, -0.25) is 0 Å². The molecule has 0 amide bonds. The minimum absolute atomic E-state index is 0.757. The molecule has 0 aromatic heterocycles. The molecule has 1 saturated carbocycles. The lowest BCUT2D eigenvalue weighted by Crippen LogP contribution is -2.30. The summed E-state index contributed by atoms with van der Waals surface area (Å²) < 4.78 is 0. The van der Waals surface area contributed by atoms with Crippen LogP contribution in [0.5, 0.6) is 0 Å². The van der Waals surface area contributed by atoms with Gasteiger partial charge >= 0.3 is 0 Å².